The molecule has 0 aliphatic carbocycles. The third-order valence-electron chi connectivity index (χ3n) is 2.85. The predicted octanol–water partition coefficient (Wildman–Crippen LogP) is 1.21. The second-order valence-electron chi connectivity index (χ2n) is 4.02. The summed E-state index contributed by atoms with van der Waals surface area (Å²) in [6, 6.07) is 5.05. The Hall–Kier alpha value is -1.43. The maximum absolute atomic E-state index is 11.9. The molecule has 0 radical (unpaired) electrons. The van der Waals surface area contributed by atoms with Crippen molar-refractivity contribution in [1.82, 2.24) is 0 Å². The van der Waals surface area contributed by atoms with Crippen LogP contribution in [0.1, 0.15) is 12.8 Å². The van der Waals surface area contributed by atoms with Gasteiger partial charge in [0.1, 0.15) is 5.75 Å². The highest BCUT2D eigenvalue weighted by Gasteiger charge is 2.26. The molecule has 0 bridgehead atoms. The van der Waals surface area contributed by atoms with Gasteiger partial charge in [-0.1, -0.05) is 0 Å². The number of rotatable bonds is 2. The van der Waals surface area contributed by atoms with Gasteiger partial charge in [0.2, 0.25) is 10.0 Å². The van der Waals surface area contributed by atoms with Gasteiger partial charge in [0.15, 0.2) is 0 Å². The van der Waals surface area contributed by atoms with Crippen LogP contribution >= 0.6 is 0 Å². The molecular weight excluding hydrogens is 240 g/mol. The van der Waals surface area contributed by atoms with Crippen molar-refractivity contribution in [3.8, 4) is 5.75 Å². The van der Waals surface area contributed by atoms with E-state index in [1.807, 2.05) is 0 Å². The molecule has 1 saturated heterocycles. The van der Waals surface area contributed by atoms with E-state index >= 15 is 0 Å². The van der Waals surface area contributed by atoms with Crippen LogP contribution in [0, 0.1) is 0 Å². The number of nitrogen functional groups attached to an aromatic ring is 1. The number of methoxy groups -OCH3 is 1. The molecule has 0 unspecified atom stereocenters. The van der Waals surface area contributed by atoms with Crippen molar-refractivity contribution in [3.63, 3.8) is 0 Å². The first-order valence-electron chi connectivity index (χ1n) is 5.48. The van der Waals surface area contributed by atoms with Crippen molar-refractivity contribution in [2.24, 2.45) is 0 Å². The van der Waals surface area contributed by atoms with Crippen LogP contribution in [0.2, 0.25) is 0 Å². The molecule has 1 aliphatic rings. The highest BCUT2D eigenvalue weighted by molar-refractivity contribution is 7.92. The van der Waals surface area contributed by atoms with Gasteiger partial charge in [-0.25, -0.2) is 8.42 Å². The zero-order valence-electron chi connectivity index (χ0n) is 9.72. The minimum atomic E-state index is -3.18. The zero-order chi connectivity index (χ0) is 12.5. The van der Waals surface area contributed by atoms with Crippen LogP contribution in [-0.4, -0.2) is 27.8 Å². The largest absolute Gasteiger partial charge is 0.495 e. The van der Waals surface area contributed by atoms with Gasteiger partial charge in [-0.3, -0.25) is 4.31 Å². The number of nitrogens with two attached hydrogens (primary N) is 1. The fourth-order valence-corrected chi connectivity index (χ4v) is 3.59. The first-order valence-corrected chi connectivity index (χ1v) is 7.09. The summed E-state index contributed by atoms with van der Waals surface area (Å²) in [5, 5.41) is 0. The summed E-state index contributed by atoms with van der Waals surface area (Å²) in [5.41, 5.74) is 6.84. The molecule has 17 heavy (non-hydrogen) atoms. The summed E-state index contributed by atoms with van der Waals surface area (Å²) in [5.74, 6) is 0.766. The molecule has 94 valence electrons. The maximum Gasteiger partial charge on any atom is 0.235 e. The number of hydrogen-bond acceptors (Lipinski definition) is 4. The van der Waals surface area contributed by atoms with Gasteiger partial charge in [0, 0.05) is 6.54 Å². The molecule has 0 amide bonds. The van der Waals surface area contributed by atoms with Gasteiger partial charge in [-0.2, -0.15) is 0 Å². The molecule has 0 saturated carbocycles. The first kappa shape index (κ1) is 12.0. The van der Waals surface area contributed by atoms with E-state index < -0.39 is 10.0 Å². The Morgan fingerprint density at radius 1 is 1.35 bits per heavy atom. The normalized spacial score (nSPS) is 19.0. The number of nitrogens with zero attached hydrogens (tertiary/aromatic N) is 1. The van der Waals surface area contributed by atoms with Crippen LogP contribution in [0.25, 0.3) is 0 Å². The quantitative estimate of drug-likeness (QED) is 0.807. The van der Waals surface area contributed by atoms with E-state index in [2.05, 4.69) is 0 Å². The minimum Gasteiger partial charge on any atom is -0.495 e. The SMILES string of the molecule is COc1ccc(N2CCCCS2(=O)=O)cc1N. The lowest BCUT2D eigenvalue weighted by Gasteiger charge is -2.28. The number of anilines is 2. The highest BCUT2D eigenvalue weighted by atomic mass is 32.2. The highest BCUT2D eigenvalue weighted by Crippen LogP contribution is 2.30. The summed E-state index contributed by atoms with van der Waals surface area (Å²) < 4.78 is 30.3. The lowest BCUT2D eigenvalue weighted by Crippen LogP contribution is -2.37. The fourth-order valence-electron chi connectivity index (χ4n) is 1.96. The third kappa shape index (κ3) is 2.31. The number of hydrogen-bond donors (Lipinski definition) is 1. The monoisotopic (exact) mass is 256 g/mol. The Labute approximate surface area is 101 Å². The van der Waals surface area contributed by atoms with E-state index in [0.29, 0.717) is 23.7 Å². The molecule has 5 nitrogen and oxygen atoms in total. The molecule has 1 fully saturated rings. The smallest absolute Gasteiger partial charge is 0.235 e. The lowest BCUT2D eigenvalue weighted by molar-refractivity contribution is 0.417. The molecule has 1 aromatic rings. The zero-order valence-corrected chi connectivity index (χ0v) is 10.5. The number of sulfonamides is 1. The van der Waals surface area contributed by atoms with Crippen LogP contribution in [0.3, 0.4) is 0 Å². The Morgan fingerprint density at radius 3 is 2.71 bits per heavy atom. The van der Waals surface area contributed by atoms with E-state index in [1.54, 1.807) is 18.2 Å². The second-order valence-corrected chi connectivity index (χ2v) is 6.03. The van der Waals surface area contributed by atoms with E-state index in [1.165, 1.54) is 11.4 Å². The van der Waals surface area contributed by atoms with E-state index in [4.69, 9.17) is 10.5 Å². The van der Waals surface area contributed by atoms with Crippen LogP contribution in [0.4, 0.5) is 11.4 Å². The molecule has 2 N–H and O–H groups in total. The van der Waals surface area contributed by atoms with Gasteiger partial charge in [-0.15, -0.1) is 0 Å². The first-order chi connectivity index (χ1) is 8.04. The van der Waals surface area contributed by atoms with Crippen molar-refractivity contribution >= 4 is 21.4 Å². The summed E-state index contributed by atoms with van der Waals surface area (Å²) in [7, 11) is -1.65. The summed E-state index contributed by atoms with van der Waals surface area (Å²) in [6.07, 6.45) is 1.61. The Balaban J connectivity index is 2.36. The average Bonchev–Trinajstić information content (AvgIpc) is 2.28. The van der Waals surface area contributed by atoms with E-state index in [-0.39, 0.29) is 5.75 Å². The van der Waals surface area contributed by atoms with Crippen LogP contribution in [0.5, 0.6) is 5.75 Å². The minimum absolute atomic E-state index is 0.207. The van der Waals surface area contributed by atoms with Crippen molar-refractivity contribution in [3.05, 3.63) is 18.2 Å². The van der Waals surface area contributed by atoms with Crippen molar-refractivity contribution in [2.45, 2.75) is 12.8 Å². The van der Waals surface area contributed by atoms with Crippen molar-refractivity contribution < 1.29 is 13.2 Å². The van der Waals surface area contributed by atoms with Gasteiger partial charge < -0.3 is 10.5 Å². The van der Waals surface area contributed by atoms with Gasteiger partial charge in [0.05, 0.1) is 24.2 Å². The molecular formula is C11H16N2O3S. The van der Waals surface area contributed by atoms with Gasteiger partial charge in [0.25, 0.3) is 0 Å². The van der Waals surface area contributed by atoms with Gasteiger partial charge in [-0.05, 0) is 31.0 Å². The Bertz CT molecular complexity index is 513. The lowest BCUT2D eigenvalue weighted by atomic mass is 10.2. The molecule has 1 aliphatic heterocycles. The molecule has 6 heteroatoms. The van der Waals surface area contributed by atoms with Crippen LogP contribution < -0.4 is 14.8 Å². The van der Waals surface area contributed by atoms with Crippen molar-refractivity contribution in [1.29, 1.82) is 0 Å². The number of benzene rings is 1. The van der Waals surface area contributed by atoms with Gasteiger partial charge >= 0.3 is 0 Å². The van der Waals surface area contributed by atoms with Crippen molar-refractivity contribution in [2.75, 3.05) is 29.4 Å². The van der Waals surface area contributed by atoms with Crippen LogP contribution in [0.15, 0.2) is 18.2 Å². The topological polar surface area (TPSA) is 72.6 Å². The summed E-state index contributed by atoms with van der Waals surface area (Å²) >= 11 is 0. The molecule has 0 atom stereocenters. The summed E-state index contributed by atoms with van der Waals surface area (Å²) in [4.78, 5) is 0. The Morgan fingerprint density at radius 2 is 2.12 bits per heavy atom. The maximum atomic E-state index is 11.9. The second kappa shape index (κ2) is 4.44. The third-order valence-corrected chi connectivity index (χ3v) is 4.72. The Kier molecular flexibility index (Phi) is 3.15. The fraction of sp³-hybridized carbons (Fsp3) is 0.455. The molecule has 0 aromatic heterocycles. The van der Waals surface area contributed by atoms with E-state index in [0.717, 1.165) is 12.8 Å². The van der Waals surface area contributed by atoms with Crippen LogP contribution in [-0.2, 0) is 10.0 Å². The summed E-state index contributed by atoms with van der Waals surface area (Å²) in [6.45, 7) is 0.522. The molecule has 2 rings (SSSR count). The molecule has 1 aromatic carbocycles. The van der Waals surface area contributed by atoms with E-state index in [9.17, 15) is 8.42 Å². The molecule has 0 spiro atoms. The number of ether oxygens (including phenoxy) is 1. The average molecular weight is 256 g/mol. The molecule has 1 heterocycles. The predicted molar refractivity (Wildman–Crippen MR) is 67.8 cm³/mol. The standard InChI is InChI=1S/C11H16N2O3S/c1-16-11-5-4-9(8-10(11)12)13-6-2-3-7-17(13,14)15/h4-5,8H,2-3,6-7,12H2,1H3.